The standard InChI is InChI=1S/C16H29NO5/c1-3-4-9-21-16(18)17-13-8-11-19-12(2)15(13)22-14-7-5-6-10-20-14/h12-15H,3-11H2,1-2H3,(H,17,18). The molecule has 1 N–H and O–H groups in total. The number of nitrogens with one attached hydrogen (secondary N) is 1. The SMILES string of the molecule is CCCCOC(=O)NC1CCOC(C)C1OC1CCCCO1. The summed E-state index contributed by atoms with van der Waals surface area (Å²) in [4.78, 5) is 11.9. The van der Waals surface area contributed by atoms with E-state index in [1.54, 1.807) is 0 Å². The van der Waals surface area contributed by atoms with Gasteiger partial charge in [-0.1, -0.05) is 13.3 Å². The van der Waals surface area contributed by atoms with Crippen molar-refractivity contribution in [2.24, 2.45) is 0 Å². The summed E-state index contributed by atoms with van der Waals surface area (Å²) in [5.41, 5.74) is 0. The van der Waals surface area contributed by atoms with Crippen LogP contribution in [-0.2, 0) is 18.9 Å². The fraction of sp³-hybridized carbons (Fsp3) is 0.938. The second kappa shape index (κ2) is 9.33. The number of ether oxygens (including phenoxy) is 4. The Hall–Kier alpha value is -0.850. The summed E-state index contributed by atoms with van der Waals surface area (Å²) < 4.78 is 22.6. The minimum absolute atomic E-state index is 0.0692. The zero-order valence-corrected chi connectivity index (χ0v) is 13.7. The third-order valence-electron chi connectivity index (χ3n) is 4.15. The molecule has 0 aromatic rings. The van der Waals surface area contributed by atoms with E-state index in [1.807, 2.05) is 6.92 Å². The minimum Gasteiger partial charge on any atom is -0.450 e. The van der Waals surface area contributed by atoms with E-state index in [-0.39, 0.29) is 30.6 Å². The van der Waals surface area contributed by atoms with Crippen LogP contribution in [0.5, 0.6) is 0 Å². The Morgan fingerprint density at radius 2 is 2.09 bits per heavy atom. The lowest BCUT2D eigenvalue weighted by molar-refractivity contribution is -0.226. The maximum atomic E-state index is 11.9. The molecule has 2 saturated heterocycles. The van der Waals surface area contributed by atoms with Gasteiger partial charge in [-0.3, -0.25) is 0 Å². The van der Waals surface area contributed by atoms with Gasteiger partial charge >= 0.3 is 6.09 Å². The Morgan fingerprint density at radius 3 is 2.82 bits per heavy atom. The lowest BCUT2D eigenvalue weighted by atomic mass is 10.0. The number of hydrogen-bond donors (Lipinski definition) is 1. The molecule has 4 atom stereocenters. The summed E-state index contributed by atoms with van der Waals surface area (Å²) in [6.07, 6.45) is 4.89. The van der Waals surface area contributed by atoms with Crippen molar-refractivity contribution in [2.75, 3.05) is 19.8 Å². The van der Waals surface area contributed by atoms with Crippen molar-refractivity contribution in [1.29, 1.82) is 0 Å². The van der Waals surface area contributed by atoms with Crippen LogP contribution in [0.25, 0.3) is 0 Å². The first-order chi connectivity index (χ1) is 10.7. The molecule has 22 heavy (non-hydrogen) atoms. The summed E-state index contributed by atoms with van der Waals surface area (Å²) in [5.74, 6) is 0. The Labute approximate surface area is 132 Å². The monoisotopic (exact) mass is 315 g/mol. The Balaban J connectivity index is 1.84. The van der Waals surface area contributed by atoms with E-state index in [0.717, 1.165) is 45.1 Å². The molecule has 0 saturated carbocycles. The predicted molar refractivity (Wildman–Crippen MR) is 81.7 cm³/mol. The Morgan fingerprint density at radius 1 is 1.23 bits per heavy atom. The third-order valence-corrected chi connectivity index (χ3v) is 4.15. The quantitative estimate of drug-likeness (QED) is 0.763. The molecule has 0 aliphatic carbocycles. The average Bonchev–Trinajstić information content (AvgIpc) is 2.52. The molecular weight excluding hydrogens is 286 g/mol. The van der Waals surface area contributed by atoms with Crippen LogP contribution in [0.4, 0.5) is 4.79 Å². The normalized spacial score (nSPS) is 32.5. The molecule has 0 bridgehead atoms. The molecule has 2 rings (SSSR count). The number of unbranched alkanes of at least 4 members (excludes halogenated alkanes) is 1. The maximum Gasteiger partial charge on any atom is 0.407 e. The van der Waals surface area contributed by atoms with Gasteiger partial charge in [-0.2, -0.15) is 0 Å². The molecule has 6 nitrogen and oxygen atoms in total. The fourth-order valence-electron chi connectivity index (χ4n) is 2.82. The van der Waals surface area contributed by atoms with Crippen LogP contribution in [0.1, 0.15) is 52.4 Å². The highest BCUT2D eigenvalue weighted by Crippen LogP contribution is 2.23. The largest absolute Gasteiger partial charge is 0.450 e. The first-order valence-corrected chi connectivity index (χ1v) is 8.52. The topological polar surface area (TPSA) is 66.0 Å². The number of rotatable bonds is 6. The zero-order valence-electron chi connectivity index (χ0n) is 13.7. The van der Waals surface area contributed by atoms with Crippen LogP contribution < -0.4 is 5.32 Å². The van der Waals surface area contributed by atoms with E-state index in [1.165, 1.54) is 0 Å². The molecule has 1 amide bonds. The van der Waals surface area contributed by atoms with E-state index in [9.17, 15) is 4.79 Å². The van der Waals surface area contributed by atoms with Crippen LogP contribution in [0.3, 0.4) is 0 Å². The molecule has 2 fully saturated rings. The van der Waals surface area contributed by atoms with E-state index in [0.29, 0.717) is 13.2 Å². The summed E-state index contributed by atoms with van der Waals surface area (Å²) in [5, 5.41) is 2.93. The van der Waals surface area contributed by atoms with E-state index < -0.39 is 0 Å². The van der Waals surface area contributed by atoms with E-state index in [4.69, 9.17) is 18.9 Å². The van der Waals surface area contributed by atoms with Gasteiger partial charge in [-0.15, -0.1) is 0 Å². The molecule has 0 spiro atoms. The summed E-state index contributed by atoms with van der Waals surface area (Å²) in [6.45, 7) is 5.85. The Kier molecular flexibility index (Phi) is 7.42. The van der Waals surface area contributed by atoms with Gasteiger partial charge in [0.05, 0.1) is 18.8 Å². The zero-order chi connectivity index (χ0) is 15.8. The second-order valence-corrected chi connectivity index (χ2v) is 6.00. The molecule has 2 aliphatic heterocycles. The number of alkyl carbamates (subject to hydrolysis) is 1. The van der Waals surface area contributed by atoms with Crippen molar-refractivity contribution in [1.82, 2.24) is 5.32 Å². The highest BCUT2D eigenvalue weighted by atomic mass is 16.7. The second-order valence-electron chi connectivity index (χ2n) is 6.00. The predicted octanol–water partition coefficient (Wildman–Crippen LogP) is 2.60. The third kappa shape index (κ3) is 5.41. The highest BCUT2D eigenvalue weighted by Gasteiger charge is 2.36. The van der Waals surface area contributed by atoms with Gasteiger partial charge in [0.1, 0.15) is 6.10 Å². The number of carbonyl (C=O) groups excluding carboxylic acids is 1. The fourth-order valence-corrected chi connectivity index (χ4v) is 2.82. The van der Waals surface area contributed by atoms with Crippen molar-refractivity contribution < 1.29 is 23.7 Å². The molecular formula is C16H29NO5. The molecule has 128 valence electrons. The summed E-state index contributed by atoms with van der Waals surface area (Å²) in [7, 11) is 0. The lowest BCUT2D eigenvalue weighted by Crippen LogP contribution is -2.55. The molecule has 0 aromatic heterocycles. The lowest BCUT2D eigenvalue weighted by Gasteiger charge is -2.39. The minimum atomic E-state index is -0.370. The number of carbonyl (C=O) groups is 1. The van der Waals surface area contributed by atoms with Crippen LogP contribution in [-0.4, -0.2) is 50.5 Å². The first-order valence-electron chi connectivity index (χ1n) is 8.52. The van der Waals surface area contributed by atoms with Gasteiger partial charge < -0.3 is 24.3 Å². The van der Waals surface area contributed by atoms with Crippen molar-refractivity contribution in [3.63, 3.8) is 0 Å². The van der Waals surface area contributed by atoms with Gasteiger partial charge in [0.25, 0.3) is 0 Å². The van der Waals surface area contributed by atoms with E-state index >= 15 is 0 Å². The van der Waals surface area contributed by atoms with Crippen LogP contribution in [0.2, 0.25) is 0 Å². The van der Waals surface area contributed by atoms with Gasteiger partial charge in [-0.05, 0) is 39.0 Å². The molecule has 4 unspecified atom stereocenters. The first kappa shape index (κ1) is 17.5. The molecule has 6 heteroatoms. The van der Waals surface area contributed by atoms with Crippen LogP contribution in [0.15, 0.2) is 0 Å². The van der Waals surface area contributed by atoms with Crippen LogP contribution in [0, 0.1) is 0 Å². The maximum absolute atomic E-state index is 11.9. The smallest absolute Gasteiger partial charge is 0.407 e. The summed E-state index contributed by atoms with van der Waals surface area (Å²) >= 11 is 0. The molecule has 0 radical (unpaired) electrons. The highest BCUT2D eigenvalue weighted by molar-refractivity contribution is 5.67. The summed E-state index contributed by atoms with van der Waals surface area (Å²) in [6, 6.07) is -0.0941. The van der Waals surface area contributed by atoms with Crippen molar-refractivity contribution in [3.05, 3.63) is 0 Å². The van der Waals surface area contributed by atoms with Gasteiger partial charge in [-0.25, -0.2) is 4.79 Å². The van der Waals surface area contributed by atoms with Crippen molar-refractivity contribution in [3.8, 4) is 0 Å². The average molecular weight is 315 g/mol. The van der Waals surface area contributed by atoms with Gasteiger partial charge in [0, 0.05) is 13.2 Å². The molecule has 2 aliphatic rings. The molecule has 0 aromatic carbocycles. The van der Waals surface area contributed by atoms with Gasteiger partial charge in [0.2, 0.25) is 0 Å². The number of amides is 1. The molecule has 2 heterocycles. The van der Waals surface area contributed by atoms with Gasteiger partial charge in [0.15, 0.2) is 6.29 Å². The Bertz CT molecular complexity index is 332. The van der Waals surface area contributed by atoms with Crippen LogP contribution >= 0.6 is 0 Å². The van der Waals surface area contributed by atoms with E-state index in [2.05, 4.69) is 12.2 Å². The van der Waals surface area contributed by atoms with Crippen molar-refractivity contribution in [2.45, 2.75) is 76.9 Å². The number of hydrogen-bond acceptors (Lipinski definition) is 5. The van der Waals surface area contributed by atoms with Crippen molar-refractivity contribution >= 4 is 6.09 Å².